The van der Waals surface area contributed by atoms with Gasteiger partial charge < -0.3 is 14.7 Å². The number of methoxy groups -OCH3 is 1. The van der Waals surface area contributed by atoms with Crippen molar-refractivity contribution in [2.24, 2.45) is 5.92 Å². The van der Waals surface area contributed by atoms with Crippen molar-refractivity contribution in [3.05, 3.63) is 35.1 Å². The van der Waals surface area contributed by atoms with E-state index >= 15 is 0 Å². The van der Waals surface area contributed by atoms with Gasteiger partial charge in [0.2, 0.25) is 0 Å². The predicted molar refractivity (Wildman–Crippen MR) is 83.9 cm³/mol. The summed E-state index contributed by atoms with van der Waals surface area (Å²) in [5.74, 6) is 0.306. The van der Waals surface area contributed by atoms with Gasteiger partial charge in [0.05, 0.1) is 12.7 Å². The van der Waals surface area contributed by atoms with Gasteiger partial charge in [-0.3, -0.25) is 0 Å². The van der Waals surface area contributed by atoms with Crippen molar-refractivity contribution in [3.8, 4) is 0 Å². The first-order valence-corrected chi connectivity index (χ1v) is 7.59. The van der Waals surface area contributed by atoms with Crippen molar-refractivity contribution >= 4 is 0 Å². The number of aliphatic hydroxyl groups is 1. The SMILES string of the molecule is COCCN(CCC(O)c1ccc(C)c(F)c1)CC(C)C. The van der Waals surface area contributed by atoms with Crippen molar-refractivity contribution in [1.29, 1.82) is 0 Å². The van der Waals surface area contributed by atoms with E-state index in [9.17, 15) is 9.50 Å². The van der Waals surface area contributed by atoms with Gasteiger partial charge in [-0.2, -0.15) is 0 Å². The topological polar surface area (TPSA) is 32.7 Å². The van der Waals surface area contributed by atoms with Crippen LogP contribution in [0.3, 0.4) is 0 Å². The Morgan fingerprint density at radius 1 is 1.29 bits per heavy atom. The minimum atomic E-state index is -0.627. The number of rotatable bonds is 9. The number of aryl methyl sites for hydroxylation is 1. The van der Waals surface area contributed by atoms with Crippen molar-refractivity contribution in [2.45, 2.75) is 33.3 Å². The van der Waals surface area contributed by atoms with Crippen molar-refractivity contribution in [2.75, 3.05) is 33.4 Å². The Kier molecular flexibility index (Phi) is 7.86. The first kappa shape index (κ1) is 18.1. The molecule has 0 aliphatic heterocycles. The minimum absolute atomic E-state index is 0.259. The number of halogens is 1. The normalized spacial score (nSPS) is 13.1. The van der Waals surface area contributed by atoms with Gasteiger partial charge in [-0.05, 0) is 36.5 Å². The average molecular weight is 297 g/mol. The predicted octanol–water partition coefficient (Wildman–Crippen LogP) is 3.16. The molecule has 1 aromatic rings. The third kappa shape index (κ3) is 6.55. The van der Waals surface area contributed by atoms with Crippen molar-refractivity contribution in [3.63, 3.8) is 0 Å². The molecular weight excluding hydrogens is 269 g/mol. The first-order chi connectivity index (χ1) is 9.93. The van der Waals surface area contributed by atoms with E-state index in [-0.39, 0.29) is 5.82 Å². The lowest BCUT2D eigenvalue weighted by molar-refractivity contribution is 0.111. The highest BCUT2D eigenvalue weighted by Crippen LogP contribution is 2.20. The third-order valence-corrected chi connectivity index (χ3v) is 3.53. The second-order valence-electron chi connectivity index (χ2n) is 6.00. The Balaban J connectivity index is 2.54. The second-order valence-corrected chi connectivity index (χ2v) is 6.00. The fraction of sp³-hybridized carbons (Fsp3) is 0.647. The zero-order chi connectivity index (χ0) is 15.8. The fourth-order valence-corrected chi connectivity index (χ4v) is 2.32. The van der Waals surface area contributed by atoms with Crippen LogP contribution in [-0.4, -0.2) is 43.4 Å². The first-order valence-electron chi connectivity index (χ1n) is 7.59. The van der Waals surface area contributed by atoms with Crippen LogP contribution in [0.25, 0.3) is 0 Å². The van der Waals surface area contributed by atoms with E-state index in [1.807, 2.05) is 0 Å². The summed E-state index contributed by atoms with van der Waals surface area (Å²) in [6.45, 7) is 9.35. The van der Waals surface area contributed by atoms with Gasteiger partial charge in [0.25, 0.3) is 0 Å². The molecule has 4 heteroatoms. The Hall–Kier alpha value is -0.970. The summed E-state index contributed by atoms with van der Waals surface area (Å²) in [6.07, 6.45) is -0.0313. The van der Waals surface area contributed by atoms with Crippen LogP contribution in [0.15, 0.2) is 18.2 Å². The quantitative estimate of drug-likeness (QED) is 0.760. The van der Waals surface area contributed by atoms with Crippen LogP contribution in [0.5, 0.6) is 0 Å². The van der Waals surface area contributed by atoms with E-state index in [0.29, 0.717) is 30.1 Å². The van der Waals surface area contributed by atoms with Crippen molar-refractivity contribution in [1.82, 2.24) is 4.90 Å². The van der Waals surface area contributed by atoms with Crippen LogP contribution in [-0.2, 0) is 4.74 Å². The molecule has 0 fully saturated rings. The van der Waals surface area contributed by atoms with E-state index < -0.39 is 6.10 Å². The summed E-state index contributed by atoms with van der Waals surface area (Å²) in [6, 6.07) is 4.94. The summed E-state index contributed by atoms with van der Waals surface area (Å²) in [4.78, 5) is 2.28. The molecule has 0 amide bonds. The number of hydrogen-bond acceptors (Lipinski definition) is 3. The summed E-state index contributed by atoms with van der Waals surface area (Å²) in [7, 11) is 1.69. The molecule has 1 unspecified atom stereocenters. The van der Waals surface area contributed by atoms with Gasteiger partial charge in [-0.15, -0.1) is 0 Å². The van der Waals surface area contributed by atoms with Gasteiger partial charge in [0.1, 0.15) is 5.82 Å². The van der Waals surface area contributed by atoms with E-state index in [4.69, 9.17) is 4.74 Å². The Labute approximate surface area is 127 Å². The van der Waals surface area contributed by atoms with Gasteiger partial charge in [-0.1, -0.05) is 26.0 Å². The lowest BCUT2D eigenvalue weighted by atomic mass is 10.0. The molecule has 0 radical (unpaired) electrons. The molecule has 1 rings (SSSR count). The smallest absolute Gasteiger partial charge is 0.126 e. The number of hydrogen-bond donors (Lipinski definition) is 1. The maximum absolute atomic E-state index is 13.5. The van der Waals surface area contributed by atoms with Gasteiger partial charge in [0.15, 0.2) is 0 Å². The molecule has 1 aromatic carbocycles. The molecule has 0 heterocycles. The maximum atomic E-state index is 13.5. The molecule has 21 heavy (non-hydrogen) atoms. The Morgan fingerprint density at radius 3 is 2.57 bits per heavy atom. The van der Waals surface area contributed by atoms with Gasteiger partial charge >= 0.3 is 0 Å². The zero-order valence-corrected chi connectivity index (χ0v) is 13.6. The van der Waals surface area contributed by atoms with Crippen LogP contribution in [0, 0.1) is 18.7 Å². The standard InChI is InChI=1S/C17H28FNO2/c1-13(2)12-19(9-10-21-4)8-7-17(20)15-6-5-14(3)16(18)11-15/h5-6,11,13,17,20H,7-10,12H2,1-4H3. The summed E-state index contributed by atoms with van der Waals surface area (Å²) < 4.78 is 18.7. The van der Waals surface area contributed by atoms with Gasteiger partial charge in [0, 0.05) is 26.7 Å². The summed E-state index contributed by atoms with van der Waals surface area (Å²) in [5, 5.41) is 10.2. The highest BCUT2D eigenvalue weighted by atomic mass is 19.1. The molecule has 3 nitrogen and oxygen atoms in total. The molecular formula is C17H28FNO2. The van der Waals surface area contributed by atoms with E-state index in [1.54, 1.807) is 26.2 Å². The molecule has 0 aromatic heterocycles. The van der Waals surface area contributed by atoms with E-state index in [0.717, 1.165) is 19.6 Å². The number of aliphatic hydroxyl groups excluding tert-OH is 1. The maximum Gasteiger partial charge on any atom is 0.126 e. The lowest BCUT2D eigenvalue weighted by Crippen LogP contribution is -2.32. The van der Waals surface area contributed by atoms with Crippen molar-refractivity contribution < 1.29 is 14.2 Å². The number of ether oxygens (including phenoxy) is 1. The molecule has 1 atom stereocenters. The Morgan fingerprint density at radius 2 is 2.00 bits per heavy atom. The van der Waals surface area contributed by atoms with E-state index in [2.05, 4.69) is 18.7 Å². The second kappa shape index (κ2) is 9.13. The van der Waals surface area contributed by atoms with Gasteiger partial charge in [-0.25, -0.2) is 4.39 Å². The minimum Gasteiger partial charge on any atom is -0.388 e. The highest BCUT2D eigenvalue weighted by Gasteiger charge is 2.13. The van der Waals surface area contributed by atoms with Crippen LogP contribution in [0.1, 0.15) is 37.5 Å². The number of benzene rings is 1. The highest BCUT2D eigenvalue weighted by molar-refractivity contribution is 5.24. The lowest BCUT2D eigenvalue weighted by Gasteiger charge is -2.25. The van der Waals surface area contributed by atoms with Crippen LogP contribution < -0.4 is 0 Å². The Bertz CT molecular complexity index is 423. The van der Waals surface area contributed by atoms with Crippen LogP contribution in [0.4, 0.5) is 4.39 Å². The summed E-state index contributed by atoms with van der Waals surface area (Å²) >= 11 is 0. The zero-order valence-electron chi connectivity index (χ0n) is 13.6. The molecule has 0 aliphatic rings. The van der Waals surface area contributed by atoms with Crippen LogP contribution >= 0.6 is 0 Å². The molecule has 0 saturated carbocycles. The third-order valence-electron chi connectivity index (χ3n) is 3.53. The molecule has 0 bridgehead atoms. The number of nitrogens with zero attached hydrogens (tertiary/aromatic N) is 1. The molecule has 0 aliphatic carbocycles. The summed E-state index contributed by atoms with van der Waals surface area (Å²) in [5.41, 5.74) is 1.25. The molecule has 120 valence electrons. The molecule has 0 saturated heterocycles. The fourth-order valence-electron chi connectivity index (χ4n) is 2.32. The molecule has 0 spiro atoms. The molecule has 1 N–H and O–H groups in total. The van der Waals surface area contributed by atoms with Crippen LogP contribution in [0.2, 0.25) is 0 Å². The average Bonchev–Trinajstić information content (AvgIpc) is 2.44. The largest absolute Gasteiger partial charge is 0.388 e. The monoisotopic (exact) mass is 297 g/mol. The van der Waals surface area contributed by atoms with E-state index in [1.165, 1.54) is 6.07 Å².